The first kappa shape index (κ1) is 10.8. The molecule has 0 bridgehead atoms. The van der Waals surface area contributed by atoms with Gasteiger partial charge in [0.25, 0.3) is 0 Å². The van der Waals surface area contributed by atoms with Crippen LogP contribution in [-0.4, -0.2) is 5.78 Å². The Bertz CT molecular complexity index is 548. The number of ketones is 1. The summed E-state index contributed by atoms with van der Waals surface area (Å²) in [6.07, 6.45) is 0. The summed E-state index contributed by atoms with van der Waals surface area (Å²) in [5, 5.41) is 3.66. The molecule has 0 amide bonds. The van der Waals surface area contributed by atoms with E-state index in [0.29, 0.717) is 11.1 Å². The van der Waals surface area contributed by atoms with Crippen molar-refractivity contribution in [2.24, 2.45) is 0 Å². The number of hydrogen-bond donors (Lipinski definition) is 1. The molecule has 0 aliphatic rings. The second-order valence-corrected chi connectivity index (χ2v) is 4.28. The van der Waals surface area contributed by atoms with E-state index < -0.39 is 5.82 Å². The first-order valence-electron chi connectivity index (χ1n) is 4.72. The highest BCUT2D eigenvalue weighted by atomic mass is 32.1. The molecule has 82 valence electrons. The summed E-state index contributed by atoms with van der Waals surface area (Å²) in [6, 6.07) is 4.12. The van der Waals surface area contributed by atoms with Crippen molar-refractivity contribution in [1.29, 1.82) is 0 Å². The van der Waals surface area contributed by atoms with Crippen LogP contribution in [0.1, 0.15) is 21.5 Å². The molecule has 1 heterocycles. The first-order valence-corrected chi connectivity index (χ1v) is 5.66. The zero-order valence-electron chi connectivity index (χ0n) is 8.66. The van der Waals surface area contributed by atoms with E-state index in [2.05, 4.69) is 0 Å². The normalized spacial score (nSPS) is 10.4. The quantitative estimate of drug-likeness (QED) is 0.642. The highest BCUT2D eigenvalue weighted by Gasteiger charge is 2.13. The predicted molar refractivity (Wildman–Crippen MR) is 63.3 cm³/mol. The van der Waals surface area contributed by atoms with Gasteiger partial charge in [-0.25, -0.2) is 4.39 Å². The van der Waals surface area contributed by atoms with E-state index in [1.54, 1.807) is 5.38 Å². The molecule has 0 aliphatic heterocycles. The second-order valence-electron chi connectivity index (χ2n) is 3.53. The third kappa shape index (κ3) is 1.84. The van der Waals surface area contributed by atoms with E-state index >= 15 is 0 Å². The van der Waals surface area contributed by atoms with Crippen LogP contribution < -0.4 is 5.73 Å². The van der Waals surface area contributed by atoms with Gasteiger partial charge < -0.3 is 5.73 Å². The number of anilines is 1. The summed E-state index contributed by atoms with van der Waals surface area (Å²) < 4.78 is 13.2. The maximum absolute atomic E-state index is 13.2. The molecular weight excluding hydrogens is 225 g/mol. The molecule has 0 saturated carbocycles. The minimum Gasteiger partial charge on any atom is -0.396 e. The number of nitrogen functional groups attached to an aromatic ring is 1. The van der Waals surface area contributed by atoms with Gasteiger partial charge in [0, 0.05) is 16.5 Å². The number of nitrogens with two attached hydrogens (primary N) is 1. The van der Waals surface area contributed by atoms with E-state index in [1.807, 2.05) is 12.3 Å². The molecule has 0 spiro atoms. The van der Waals surface area contributed by atoms with Crippen LogP contribution in [0, 0.1) is 12.7 Å². The van der Waals surface area contributed by atoms with Gasteiger partial charge in [0.15, 0.2) is 5.78 Å². The molecule has 0 fully saturated rings. The third-order valence-electron chi connectivity index (χ3n) is 2.36. The number of benzene rings is 1. The summed E-state index contributed by atoms with van der Waals surface area (Å²) >= 11 is 1.46. The van der Waals surface area contributed by atoms with Crippen molar-refractivity contribution in [1.82, 2.24) is 0 Å². The number of carbonyl (C=O) groups excluding carboxylic acids is 1. The summed E-state index contributed by atoms with van der Waals surface area (Å²) in [7, 11) is 0. The van der Waals surface area contributed by atoms with Crippen LogP contribution in [0.2, 0.25) is 0 Å². The van der Waals surface area contributed by atoms with Crippen molar-refractivity contribution in [2.45, 2.75) is 6.92 Å². The van der Waals surface area contributed by atoms with Crippen molar-refractivity contribution in [2.75, 3.05) is 5.73 Å². The summed E-state index contributed by atoms with van der Waals surface area (Å²) in [4.78, 5) is 12.0. The molecule has 1 aromatic carbocycles. The number of carbonyl (C=O) groups is 1. The molecule has 2 nitrogen and oxygen atoms in total. The molecule has 4 heteroatoms. The fourth-order valence-corrected chi connectivity index (χ4v) is 2.25. The highest BCUT2D eigenvalue weighted by molar-refractivity contribution is 7.08. The smallest absolute Gasteiger partial charge is 0.194 e. The van der Waals surface area contributed by atoms with Gasteiger partial charge in [-0.05, 0) is 36.1 Å². The zero-order chi connectivity index (χ0) is 11.7. The Kier molecular flexibility index (Phi) is 2.75. The third-order valence-corrected chi connectivity index (χ3v) is 3.22. The van der Waals surface area contributed by atoms with Gasteiger partial charge in [-0.2, -0.15) is 11.3 Å². The average Bonchev–Trinajstić information content (AvgIpc) is 2.67. The Hall–Kier alpha value is -1.68. The fraction of sp³-hybridized carbons (Fsp3) is 0.0833. The molecule has 2 rings (SSSR count). The van der Waals surface area contributed by atoms with Crippen LogP contribution in [0.15, 0.2) is 29.0 Å². The summed E-state index contributed by atoms with van der Waals surface area (Å²) in [5.41, 5.74) is 7.26. The van der Waals surface area contributed by atoms with Crippen molar-refractivity contribution in [3.05, 3.63) is 51.5 Å². The monoisotopic (exact) mass is 235 g/mol. The lowest BCUT2D eigenvalue weighted by Crippen LogP contribution is -2.03. The van der Waals surface area contributed by atoms with Crippen molar-refractivity contribution >= 4 is 22.8 Å². The van der Waals surface area contributed by atoms with E-state index in [1.165, 1.54) is 29.5 Å². The molecule has 2 aromatic rings. The second kappa shape index (κ2) is 4.06. The van der Waals surface area contributed by atoms with Crippen LogP contribution >= 0.6 is 11.3 Å². The van der Waals surface area contributed by atoms with Crippen molar-refractivity contribution in [3.63, 3.8) is 0 Å². The lowest BCUT2D eigenvalue weighted by atomic mass is 10.0. The minimum absolute atomic E-state index is 0.0543. The Morgan fingerprint density at radius 3 is 2.69 bits per heavy atom. The molecule has 0 atom stereocenters. The topological polar surface area (TPSA) is 43.1 Å². The van der Waals surface area contributed by atoms with Gasteiger partial charge in [0.05, 0.1) is 5.69 Å². The molecule has 1 aromatic heterocycles. The Morgan fingerprint density at radius 2 is 2.12 bits per heavy atom. The van der Waals surface area contributed by atoms with Crippen LogP contribution in [0.5, 0.6) is 0 Å². The molecule has 2 N–H and O–H groups in total. The fourth-order valence-electron chi connectivity index (χ4n) is 1.42. The average molecular weight is 235 g/mol. The van der Waals surface area contributed by atoms with Gasteiger partial charge in [-0.1, -0.05) is 0 Å². The van der Waals surface area contributed by atoms with E-state index in [4.69, 9.17) is 5.73 Å². The van der Waals surface area contributed by atoms with Gasteiger partial charge in [0.1, 0.15) is 5.82 Å². The summed E-state index contributed by atoms with van der Waals surface area (Å²) in [6.45, 7) is 1.86. The number of halogens is 1. The predicted octanol–water partition coefficient (Wildman–Crippen LogP) is 3.01. The Morgan fingerprint density at radius 1 is 1.38 bits per heavy atom. The molecule has 0 radical (unpaired) electrons. The van der Waals surface area contributed by atoms with Gasteiger partial charge in [-0.15, -0.1) is 0 Å². The van der Waals surface area contributed by atoms with E-state index in [9.17, 15) is 9.18 Å². The highest BCUT2D eigenvalue weighted by Crippen LogP contribution is 2.20. The van der Waals surface area contributed by atoms with Gasteiger partial charge in [-0.3, -0.25) is 4.79 Å². The standard InChI is InChI=1S/C12H10FNOS/c1-7-5-16-6-9(7)12(15)8-2-3-11(14)10(13)4-8/h2-6H,14H2,1H3. The summed E-state index contributed by atoms with van der Waals surface area (Å²) in [5.74, 6) is -0.726. The van der Waals surface area contributed by atoms with Gasteiger partial charge >= 0.3 is 0 Å². The number of rotatable bonds is 2. The van der Waals surface area contributed by atoms with Crippen LogP contribution in [0.4, 0.5) is 10.1 Å². The zero-order valence-corrected chi connectivity index (χ0v) is 9.48. The van der Waals surface area contributed by atoms with Gasteiger partial charge in [0.2, 0.25) is 0 Å². The Labute approximate surface area is 96.5 Å². The molecular formula is C12H10FNOS. The number of aryl methyl sites for hydroxylation is 1. The number of thiophene rings is 1. The lowest BCUT2D eigenvalue weighted by Gasteiger charge is -2.02. The van der Waals surface area contributed by atoms with Crippen LogP contribution in [0.25, 0.3) is 0 Å². The molecule has 0 unspecified atom stereocenters. The molecule has 0 saturated heterocycles. The molecule has 0 aliphatic carbocycles. The first-order chi connectivity index (χ1) is 7.59. The van der Waals surface area contributed by atoms with E-state index in [-0.39, 0.29) is 11.5 Å². The van der Waals surface area contributed by atoms with E-state index in [0.717, 1.165) is 5.56 Å². The molecule has 16 heavy (non-hydrogen) atoms. The van der Waals surface area contributed by atoms with Crippen molar-refractivity contribution in [3.8, 4) is 0 Å². The SMILES string of the molecule is Cc1cscc1C(=O)c1ccc(N)c(F)c1. The maximum Gasteiger partial charge on any atom is 0.194 e. The Balaban J connectivity index is 2.42. The van der Waals surface area contributed by atoms with Crippen molar-refractivity contribution < 1.29 is 9.18 Å². The maximum atomic E-state index is 13.2. The minimum atomic E-state index is -0.557. The van der Waals surface area contributed by atoms with Crippen LogP contribution in [0.3, 0.4) is 0 Å². The number of hydrogen-bond acceptors (Lipinski definition) is 3. The lowest BCUT2D eigenvalue weighted by molar-refractivity contribution is 0.103. The largest absolute Gasteiger partial charge is 0.396 e. The van der Waals surface area contributed by atoms with Crippen LogP contribution in [-0.2, 0) is 0 Å².